The minimum absolute atomic E-state index is 0.0544. The Morgan fingerprint density at radius 2 is 1.64 bits per heavy atom. The summed E-state index contributed by atoms with van der Waals surface area (Å²) in [4.78, 5) is 0.0828. The molecule has 25 heavy (non-hydrogen) atoms. The molecule has 0 spiro atoms. The van der Waals surface area contributed by atoms with Crippen molar-refractivity contribution in [3.05, 3.63) is 58.6 Å². The SMILES string of the molecule is O=S(=O)(c1ccccc1)[C@@H]1CCN(S(=O)(=O)c2cc(Cl)ccc2Cl)C1. The van der Waals surface area contributed by atoms with Crippen LogP contribution in [0.15, 0.2) is 58.3 Å². The van der Waals surface area contributed by atoms with Crippen molar-refractivity contribution >= 4 is 43.1 Å². The molecule has 3 rings (SSSR count). The minimum Gasteiger partial charge on any atom is -0.223 e. The molecule has 2 aromatic carbocycles. The number of sulfone groups is 1. The molecule has 1 saturated heterocycles. The molecule has 1 atom stereocenters. The van der Waals surface area contributed by atoms with Crippen LogP contribution in [-0.4, -0.2) is 39.5 Å². The lowest BCUT2D eigenvalue weighted by molar-refractivity contribution is 0.476. The summed E-state index contributed by atoms with van der Waals surface area (Å²) >= 11 is 11.9. The summed E-state index contributed by atoms with van der Waals surface area (Å²) in [7, 11) is -7.51. The second-order valence-electron chi connectivity index (χ2n) is 5.71. The molecular weight excluding hydrogens is 405 g/mol. The lowest BCUT2D eigenvalue weighted by Crippen LogP contribution is -2.32. The molecule has 0 N–H and O–H groups in total. The van der Waals surface area contributed by atoms with E-state index in [4.69, 9.17) is 23.2 Å². The van der Waals surface area contributed by atoms with Gasteiger partial charge < -0.3 is 0 Å². The summed E-state index contributed by atoms with van der Waals surface area (Å²) in [5, 5.41) is -0.489. The van der Waals surface area contributed by atoms with E-state index in [1.165, 1.54) is 30.3 Å². The molecule has 1 fully saturated rings. The standard InChI is InChI=1S/C16H15Cl2NO4S2/c17-12-6-7-15(18)16(10-12)25(22,23)19-9-8-14(11-19)24(20,21)13-4-2-1-3-5-13/h1-7,10,14H,8-9,11H2/t14-/m1/s1. The number of sulfonamides is 1. The van der Waals surface area contributed by atoms with Crippen molar-refractivity contribution in [2.75, 3.05) is 13.1 Å². The van der Waals surface area contributed by atoms with Gasteiger partial charge in [0.05, 0.1) is 15.2 Å². The number of nitrogens with zero attached hydrogens (tertiary/aromatic N) is 1. The second kappa shape index (κ2) is 6.89. The van der Waals surface area contributed by atoms with Gasteiger partial charge in [-0.25, -0.2) is 16.8 Å². The maximum atomic E-state index is 12.8. The summed E-state index contributed by atoms with van der Waals surface area (Å²) in [6.07, 6.45) is 0.231. The molecular formula is C16H15Cl2NO4S2. The van der Waals surface area contributed by atoms with Gasteiger partial charge in [-0.3, -0.25) is 0 Å². The minimum atomic E-state index is -3.91. The predicted octanol–water partition coefficient (Wildman–Crippen LogP) is 3.23. The number of hydrogen-bond donors (Lipinski definition) is 0. The quantitative estimate of drug-likeness (QED) is 0.762. The summed E-state index contributed by atoms with van der Waals surface area (Å²) < 4.78 is 52.1. The summed E-state index contributed by atoms with van der Waals surface area (Å²) in [5.74, 6) is 0. The van der Waals surface area contributed by atoms with E-state index in [1.54, 1.807) is 18.2 Å². The monoisotopic (exact) mass is 419 g/mol. The summed E-state index contributed by atoms with van der Waals surface area (Å²) in [6, 6.07) is 12.2. The average Bonchev–Trinajstić information content (AvgIpc) is 3.09. The van der Waals surface area contributed by atoms with Crippen molar-refractivity contribution < 1.29 is 16.8 Å². The fourth-order valence-corrected chi connectivity index (χ4v) is 6.83. The van der Waals surface area contributed by atoms with Gasteiger partial charge in [0.25, 0.3) is 0 Å². The maximum Gasteiger partial charge on any atom is 0.244 e. The average molecular weight is 420 g/mol. The predicted molar refractivity (Wildman–Crippen MR) is 97.3 cm³/mol. The molecule has 0 unspecified atom stereocenters. The first-order valence-electron chi connectivity index (χ1n) is 7.47. The normalized spacial score (nSPS) is 19.2. The van der Waals surface area contributed by atoms with Gasteiger partial charge in [0.2, 0.25) is 10.0 Å². The highest BCUT2D eigenvalue weighted by Crippen LogP contribution is 2.32. The Morgan fingerprint density at radius 1 is 0.960 bits per heavy atom. The molecule has 0 radical (unpaired) electrons. The molecule has 0 saturated carbocycles. The topological polar surface area (TPSA) is 71.5 Å². The van der Waals surface area contributed by atoms with Crippen LogP contribution < -0.4 is 0 Å². The molecule has 9 heteroatoms. The van der Waals surface area contributed by atoms with Gasteiger partial charge in [-0.15, -0.1) is 0 Å². The third kappa shape index (κ3) is 3.57. The van der Waals surface area contributed by atoms with Crippen LogP contribution in [0.1, 0.15) is 6.42 Å². The highest BCUT2D eigenvalue weighted by molar-refractivity contribution is 7.92. The molecule has 134 valence electrons. The van der Waals surface area contributed by atoms with Crippen molar-refractivity contribution in [1.82, 2.24) is 4.31 Å². The van der Waals surface area contributed by atoms with Crippen molar-refractivity contribution in [2.24, 2.45) is 0 Å². The smallest absolute Gasteiger partial charge is 0.223 e. The van der Waals surface area contributed by atoms with E-state index >= 15 is 0 Å². The van der Waals surface area contributed by atoms with Gasteiger partial charge >= 0.3 is 0 Å². The molecule has 1 heterocycles. The zero-order chi connectivity index (χ0) is 18.2. The van der Waals surface area contributed by atoms with E-state index in [0.717, 1.165) is 4.31 Å². The van der Waals surface area contributed by atoms with Gasteiger partial charge in [-0.05, 0) is 36.8 Å². The first kappa shape index (κ1) is 18.7. The zero-order valence-electron chi connectivity index (χ0n) is 13.0. The third-order valence-electron chi connectivity index (χ3n) is 4.13. The van der Waals surface area contributed by atoms with E-state index in [1.807, 2.05) is 0 Å². The molecule has 0 bridgehead atoms. The number of hydrogen-bond acceptors (Lipinski definition) is 4. The Balaban J connectivity index is 1.89. The highest BCUT2D eigenvalue weighted by Gasteiger charge is 2.40. The van der Waals surface area contributed by atoms with Gasteiger partial charge in [0, 0.05) is 18.1 Å². The van der Waals surface area contributed by atoms with Crippen LogP contribution >= 0.6 is 23.2 Å². The zero-order valence-corrected chi connectivity index (χ0v) is 16.1. The number of rotatable bonds is 4. The van der Waals surface area contributed by atoms with Crippen LogP contribution in [0.3, 0.4) is 0 Å². The molecule has 0 aliphatic carbocycles. The third-order valence-corrected chi connectivity index (χ3v) is 8.90. The Hall–Kier alpha value is -1.12. The van der Waals surface area contributed by atoms with Crippen LogP contribution in [0.25, 0.3) is 0 Å². The van der Waals surface area contributed by atoms with Crippen molar-refractivity contribution in [1.29, 1.82) is 0 Å². The van der Waals surface area contributed by atoms with Gasteiger partial charge in [-0.1, -0.05) is 41.4 Å². The molecule has 0 aromatic heterocycles. The van der Waals surface area contributed by atoms with E-state index in [0.29, 0.717) is 0 Å². The van der Waals surface area contributed by atoms with Crippen molar-refractivity contribution in [3.8, 4) is 0 Å². The van der Waals surface area contributed by atoms with Crippen LogP contribution in [0.2, 0.25) is 10.0 Å². The van der Waals surface area contributed by atoms with Crippen LogP contribution in [0.5, 0.6) is 0 Å². The highest BCUT2D eigenvalue weighted by atomic mass is 35.5. The maximum absolute atomic E-state index is 12.8. The Kier molecular flexibility index (Phi) is 5.14. The Morgan fingerprint density at radius 3 is 2.32 bits per heavy atom. The fourth-order valence-electron chi connectivity index (χ4n) is 2.79. The lowest BCUT2D eigenvalue weighted by Gasteiger charge is -2.18. The molecule has 2 aromatic rings. The van der Waals surface area contributed by atoms with E-state index < -0.39 is 25.1 Å². The Labute approximate surface area is 157 Å². The number of benzene rings is 2. The second-order valence-corrected chi connectivity index (χ2v) is 10.7. The van der Waals surface area contributed by atoms with Crippen molar-refractivity contribution in [2.45, 2.75) is 21.5 Å². The fraction of sp³-hybridized carbons (Fsp3) is 0.250. The summed E-state index contributed by atoms with van der Waals surface area (Å²) in [5.41, 5.74) is 0. The van der Waals surface area contributed by atoms with Crippen LogP contribution in [-0.2, 0) is 19.9 Å². The molecule has 5 nitrogen and oxygen atoms in total. The van der Waals surface area contributed by atoms with Crippen LogP contribution in [0.4, 0.5) is 0 Å². The first-order valence-corrected chi connectivity index (χ1v) is 11.2. The van der Waals surface area contributed by atoms with Crippen molar-refractivity contribution in [3.63, 3.8) is 0 Å². The summed E-state index contributed by atoms with van der Waals surface area (Å²) in [6.45, 7) is 0.00427. The van der Waals surface area contributed by atoms with Gasteiger partial charge in [-0.2, -0.15) is 4.31 Å². The lowest BCUT2D eigenvalue weighted by atomic mass is 10.4. The number of halogens is 2. The molecule has 1 aliphatic rings. The Bertz CT molecular complexity index is 992. The van der Waals surface area contributed by atoms with Gasteiger partial charge in [0.1, 0.15) is 4.90 Å². The van der Waals surface area contributed by atoms with Gasteiger partial charge in [0.15, 0.2) is 9.84 Å². The van der Waals surface area contributed by atoms with E-state index in [-0.39, 0.29) is 39.3 Å². The molecule has 0 amide bonds. The van der Waals surface area contributed by atoms with Crippen LogP contribution in [0, 0.1) is 0 Å². The van der Waals surface area contributed by atoms with E-state index in [2.05, 4.69) is 0 Å². The first-order chi connectivity index (χ1) is 11.7. The van der Waals surface area contributed by atoms with E-state index in [9.17, 15) is 16.8 Å². The largest absolute Gasteiger partial charge is 0.244 e. The molecule has 1 aliphatic heterocycles.